The monoisotopic (exact) mass is 349 g/mol. The smallest absolute Gasteiger partial charge is 0.127 e. The summed E-state index contributed by atoms with van der Waals surface area (Å²) < 4.78 is 11.8. The molecule has 3 nitrogen and oxygen atoms in total. The molecular formula is C17H20BrNO2. The minimum Gasteiger partial charge on any atom is -0.497 e. The molecule has 0 saturated heterocycles. The SMILES string of the molecule is COc1ccc(C(C)Nc2ccc(Br)cc2C)c(OC)c1. The quantitative estimate of drug-likeness (QED) is 0.828. The first kappa shape index (κ1) is 15.7. The van der Waals surface area contributed by atoms with Crippen molar-refractivity contribution in [2.45, 2.75) is 19.9 Å². The molecule has 0 radical (unpaired) electrons. The summed E-state index contributed by atoms with van der Waals surface area (Å²) in [6.07, 6.45) is 0. The summed E-state index contributed by atoms with van der Waals surface area (Å²) in [6, 6.07) is 12.2. The number of benzene rings is 2. The van der Waals surface area contributed by atoms with E-state index in [0.29, 0.717) is 0 Å². The largest absolute Gasteiger partial charge is 0.497 e. The molecule has 0 saturated carbocycles. The van der Waals surface area contributed by atoms with Crippen molar-refractivity contribution in [3.63, 3.8) is 0 Å². The van der Waals surface area contributed by atoms with E-state index < -0.39 is 0 Å². The van der Waals surface area contributed by atoms with Crippen molar-refractivity contribution in [3.05, 3.63) is 52.0 Å². The molecule has 0 aromatic heterocycles. The van der Waals surface area contributed by atoms with Gasteiger partial charge in [0.1, 0.15) is 11.5 Å². The molecule has 1 atom stereocenters. The first-order chi connectivity index (χ1) is 10.0. The van der Waals surface area contributed by atoms with Gasteiger partial charge < -0.3 is 14.8 Å². The molecule has 0 aliphatic heterocycles. The van der Waals surface area contributed by atoms with Gasteiger partial charge >= 0.3 is 0 Å². The zero-order chi connectivity index (χ0) is 15.4. The van der Waals surface area contributed by atoms with E-state index >= 15 is 0 Å². The Hall–Kier alpha value is -1.68. The number of hydrogen-bond acceptors (Lipinski definition) is 3. The van der Waals surface area contributed by atoms with Crippen LogP contribution in [-0.2, 0) is 0 Å². The van der Waals surface area contributed by atoms with Gasteiger partial charge in [0.15, 0.2) is 0 Å². The lowest BCUT2D eigenvalue weighted by Gasteiger charge is -2.20. The minimum absolute atomic E-state index is 0.130. The van der Waals surface area contributed by atoms with Crippen LogP contribution in [0, 0.1) is 6.92 Å². The van der Waals surface area contributed by atoms with Crippen LogP contribution in [0.2, 0.25) is 0 Å². The van der Waals surface area contributed by atoms with Crippen molar-refractivity contribution >= 4 is 21.6 Å². The summed E-state index contributed by atoms with van der Waals surface area (Å²) in [4.78, 5) is 0. The average molecular weight is 350 g/mol. The molecule has 2 aromatic rings. The topological polar surface area (TPSA) is 30.5 Å². The van der Waals surface area contributed by atoms with E-state index in [4.69, 9.17) is 9.47 Å². The second kappa shape index (κ2) is 6.85. The lowest BCUT2D eigenvalue weighted by atomic mass is 10.1. The lowest BCUT2D eigenvalue weighted by Crippen LogP contribution is -2.09. The first-order valence-corrected chi connectivity index (χ1v) is 7.59. The van der Waals surface area contributed by atoms with E-state index in [2.05, 4.69) is 47.2 Å². The summed E-state index contributed by atoms with van der Waals surface area (Å²) in [6.45, 7) is 4.21. The molecule has 0 amide bonds. The summed E-state index contributed by atoms with van der Waals surface area (Å²) in [5, 5.41) is 3.52. The van der Waals surface area contributed by atoms with Crippen LogP contribution in [-0.4, -0.2) is 14.2 Å². The zero-order valence-electron chi connectivity index (χ0n) is 12.7. The number of halogens is 1. The second-order valence-corrected chi connectivity index (χ2v) is 5.85. The predicted octanol–water partition coefficient (Wildman–Crippen LogP) is 4.95. The summed E-state index contributed by atoms with van der Waals surface area (Å²) >= 11 is 3.48. The van der Waals surface area contributed by atoms with E-state index in [1.807, 2.05) is 24.3 Å². The molecule has 4 heteroatoms. The van der Waals surface area contributed by atoms with E-state index in [1.165, 1.54) is 5.56 Å². The number of hydrogen-bond donors (Lipinski definition) is 1. The highest BCUT2D eigenvalue weighted by Crippen LogP contribution is 2.32. The Labute approximate surface area is 134 Å². The maximum atomic E-state index is 5.47. The fourth-order valence-electron chi connectivity index (χ4n) is 2.28. The normalized spacial score (nSPS) is 11.9. The highest BCUT2D eigenvalue weighted by Gasteiger charge is 2.13. The molecule has 0 fully saturated rings. The van der Waals surface area contributed by atoms with Gasteiger partial charge in [0.25, 0.3) is 0 Å². The molecule has 0 spiro atoms. The van der Waals surface area contributed by atoms with Gasteiger partial charge in [-0.05, 0) is 49.7 Å². The molecule has 0 heterocycles. The lowest BCUT2D eigenvalue weighted by molar-refractivity contribution is 0.390. The number of methoxy groups -OCH3 is 2. The molecule has 2 aromatic carbocycles. The molecule has 112 valence electrons. The van der Waals surface area contributed by atoms with Crippen LogP contribution in [0.3, 0.4) is 0 Å². The van der Waals surface area contributed by atoms with Crippen LogP contribution in [0.5, 0.6) is 11.5 Å². The molecule has 0 aliphatic carbocycles. The number of nitrogens with one attached hydrogen (secondary N) is 1. The summed E-state index contributed by atoms with van der Waals surface area (Å²) in [5.74, 6) is 1.62. The van der Waals surface area contributed by atoms with E-state index in [-0.39, 0.29) is 6.04 Å². The summed E-state index contributed by atoms with van der Waals surface area (Å²) in [7, 11) is 3.33. The zero-order valence-corrected chi connectivity index (χ0v) is 14.3. The second-order valence-electron chi connectivity index (χ2n) is 4.93. The van der Waals surface area contributed by atoms with Gasteiger partial charge in [-0.3, -0.25) is 0 Å². The van der Waals surface area contributed by atoms with Crippen molar-refractivity contribution in [1.29, 1.82) is 0 Å². The van der Waals surface area contributed by atoms with Crippen molar-refractivity contribution in [2.24, 2.45) is 0 Å². The highest BCUT2D eigenvalue weighted by molar-refractivity contribution is 9.10. The standard InChI is InChI=1S/C17H20BrNO2/c1-11-9-13(18)5-8-16(11)19-12(2)15-7-6-14(20-3)10-17(15)21-4/h5-10,12,19H,1-4H3. The Morgan fingerprint density at radius 3 is 2.43 bits per heavy atom. The van der Waals surface area contributed by atoms with E-state index in [0.717, 1.165) is 27.2 Å². The Balaban J connectivity index is 2.25. The number of aryl methyl sites for hydroxylation is 1. The van der Waals surface area contributed by atoms with Crippen LogP contribution in [0.4, 0.5) is 5.69 Å². The van der Waals surface area contributed by atoms with Crippen molar-refractivity contribution < 1.29 is 9.47 Å². The Morgan fingerprint density at radius 1 is 1.05 bits per heavy atom. The van der Waals surface area contributed by atoms with Crippen molar-refractivity contribution in [2.75, 3.05) is 19.5 Å². The van der Waals surface area contributed by atoms with Gasteiger partial charge in [0.05, 0.1) is 20.3 Å². The molecule has 1 N–H and O–H groups in total. The Bertz CT molecular complexity index is 628. The third-order valence-corrected chi connectivity index (χ3v) is 3.96. The molecular weight excluding hydrogens is 330 g/mol. The minimum atomic E-state index is 0.130. The van der Waals surface area contributed by atoms with Crippen LogP contribution in [0.15, 0.2) is 40.9 Å². The van der Waals surface area contributed by atoms with Gasteiger partial charge in [0, 0.05) is 21.8 Å². The maximum Gasteiger partial charge on any atom is 0.127 e. The fourth-order valence-corrected chi connectivity index (χ4v) is 2.75. The van der Waals surface area contributed by atoms with Crippen molar-refractivity contribution in [3.8, 4) is 11.5 Å². The molecule has 0 aliphatic rings. The molecule has 2 rings (SSSR count). The van der Waals surface area contributed by atoms with Crippen LogP contribution in [0.1, 0.15) is 24.1 Å². The number of anilines is 1. The Morgan fingerprint density at radius 2 is 1.81 bits per heavy atom. The van der Waals surface area contributed by atoms with Crippen LogP contribution in [0.25, 0.3) is 0 Å². The van der Waals surface area contributed by atoms with Crippen molar-refractivity contribution in [1.82, 2.24) is 0 Å². The number of rotatable bonds is 5. The van der Waals surface area contributed by atoms with E-state index in [1.54, 1.807) is 14.2 Å². The average Bonchev–Trinajstić information content (AvgIpc) is 2.49. The fraction of sp³-hybridized carbons (Fsp3) is 0.294. The van der Waals surface area contributed by atoms with Gasteiger partial charge in [-0.25, -0.2) is 0 Å². The molecule has 21 heavy (non-hydrogen) atoms. The van der Waals surface area contributed by atoms with Gasteiger partial charge in [-0.15, -0.1) is 0 Å². The first-order valence-electron chi connectivity index (χ1n) is 6.79. The molecule has 0 bridgehead atoms. The Kier molecular flexibility index (Phi) is 5.12. The van der Waals surface area contributed by atoms with E-state index in [9.17, 15) is 0 Å². The third-order valence-electron chi connectivity index (χ3n) is 3.47. The maximum absolute atomic E-state index is 5.47. The predicted molar refractivity (Wildman–Crippen MR) is 90.5 cm³/mol. The third kappa shape index (κ3) is 3.70. The highest BCUT2D eigenvalue weighted by atomic mass is 79.9. The van der Waals surface area contributed by atoms with Gasteiger partial charge in [0.2, 0.25) is 0 Å². The van der Waals surface area contributed by atoms with Crippen LogP contribution < -0.4 is 14.8 Å². The summed E-state index contributed by atoms with van der Waals surface area (Å²) in [5.41, 5.74) is 3.41. The van der Waals surface area contributed by atoms with Crippen LogP contribution >= 0.6 is 15.9 Å². The molecule has 1 unspecified atom stereocenters. The van der Waals surface area contributed by atoms with Gasteiger partial charge in [-0.2, -0.15) is 0 Å². The number of ether oxygens (including phenoxy) is 2. The van der Waals surface area contributed by atoms with Gasteiger partial charge in [-0.1, -0.05) is 15.9 Å².